The van der Waals surface area contributed by atoms with Crippen molar-refractivity contribution in [3.63, 3.8) is 0 Å². The van der Waals surface area contributed by atoms with Gasteiger partial charge in [0.05, 0.1) is 5.60 Å². The van der Waals surface area contributed by atoms with Crippen LogP contribution in [0.25, 0.3) is 16.6 Å². The molecule has 4 aromatic rings. The first kappa shape index (κ1) is 27.9. The number of fused-ring (bicyclic) bond motifs is 2. The molecule has 4 N–H and O–H groups in total. The molecular weight excluding hydrogens is 568 g/mol. The van der Waals surface area contributed by atoms with Gasteiger partial charge in [-0.15, -0.1) is 0 Å². The van der Waals surface area contributed by atoms with Gasteiger partial charge in [-0.25, -0.2) is 13.8 Å². The van der Waals surface area contributed by atoms with Gasteiger partial charge in [-0.3, -0.25) is 9.89 Å². The molecule has 2 aromatic heterocycles. The predicted molar refractivity (Wildman–Crippen MR) is 161 cm³/mol. The van der Waals surface area contributed by atoms with Crippen LogP contribution in [-0.4, -0.2) is 50.5 Å². The molecule has 9 nitrogen and oxygen atoms in total. The summed E-state index contributed by atoms with van der Waals surface area (Å²) < 4.78 is 40.5. The van der Waals surface area contributed by atoms with Gasteiger partial charge in [0, 0.05) is 36.1 Å². The van der Waals surface area contributed by atoms with Gasteiger partial charge in [-0.05, 0) is 85.4 Å². The van der Waals surface area contributed by atoms with Crippen LogP contribution >= 0.6 is 0 Å². The van der Waals surface area contributed by atoms with Crippen LogP contribution in [0.4, 0.5) is 20.3 Å². The summed E-state index contributed by atoms with van der Waals surface area (Å²) in [6.07, 6.45) is 5.93. The van der Waals surface area contributed by atoms with Crippen LogP contribution in [0.2, 0.25) is 0 Å². The predicted octanol–water partition coefficient (Wildman–Crippen LogP) is 6.03. The fraction of sp³-hybridized carbons (Fsp3) is 0.242. The van der Waals surface area contributed by atoms with E-state index in [0.29, 0.717) is 34.7 Å². The molecule has 44 heavy (non-hydrogen) atoms. The van der Waals surface area contributed by atoms with Crippen LogP contribution in [0.3, 0.4) is 0 Å². The Morgan fingerprint density at radius 1 is 1.14 bits per heavy atom. The molecule has 3 aliphatic rings. The molecule has 1 saturated carbocycles. The van der Waals surface area contributed by atoms with Crippen LogP contribution in [0, 0.1) is 11.6 Å². The normalized spacial score (nSPS) is 24.2. The molecule has 0 bridgehead atoms. The number of amides is 1. The minimum Gasteiger partial charge on any atom is -0.453 e. The number of anilines is 2. The lowest BCUT2D eigenvalue weighted by molar-refractivity contribution is -0.113. The Morgan fingerprint density at radius 3 is 2.68 bits per heavy atom. The van der Waals surface area contributed by atoms with E-state index in [-0.39, 0.29) is 23.4 Å². The highest BCUT2D eigenvalue weighted by Gasteiger charge is 2.44. The van der Waals surface area contributed by atoms with E-state index in [9.17, 15) is 14.3 Å². The Bertz CT molecular complexity index is 1890. The van der Waals surface area contributed by atoms with Gasteiger partial charge in [-0.1, -0.05) is 12.1 Å². The van der Waals surface area contributed by atoms with E-state index in [0.717, 1.165) is 35.1 Å². The number of rotatable bonds is 8. The van der Waals surface area contributed by atoms with Gasteiger partial charge in [-0.2, -0.15) is 5.10 Å². The fourth-order valence-electron chi connectivity index (χ4n) is 5.25. The first-order valence-corrected chi connectivity index (χ1v) is 14.3. The largest absolute Gasteiger partial charge is 0.453 e. The first-order valence-electron chi connectivity index (χ1n) is 14.3. The van der Waals surface area contributed by atoms with Gasteiger partial charge in [0.2, 0.25) is 0 Å². The lowest BCUT2D eigenvalue weighted by Crippen LogP contribution is -2.20. The Kier molecular flexibility index (Phi) is 6.79. The number of hydrogen-bond donors (Lipinski definition) is 4. The lowest BCUT2D eigenvalue weighted by Gasteiger charge is -2.15. The van der Waals surface area contributed by atoms with Crippen LogP contribution in [-0.2, 0) is 9.53 Å². The quantitative estimate of drug-likeness (QED) is 0.183. The third kappa shape index (κ3) is 5.47. The molecular formula is C33H29F2N5O4. The zero-order valence-electron chi connectivity index (χ0n) is 23.9. The standard InChI is InChI=1S/C33H29F2N5O4/c1-17-13-23(29-27(44-29)15-22(18(17)2)19-3-5-20(34)6-4-19)32(41)38-21-7-8-25(24(35)14-21)43-26-9-12-36-30-28(26)31(40-39-30)37-16-33(42)10-11-33/h3-9,12-15,27,29,42H,10-11,16H2,1-2H3,(H,38,41)(H2,36,37,39,40)/b18-17-,22-15-,23-13+. The first-order chi connectivity index (χ1) is 21.2. The summed E-state index contributed by atoms with van der Waals surface area (Å²) in [5.41, 5.74) is 3.97. The number of allylic oxidation sites excluding steroid dienone is 4. The zero-order chi connectivity index (χ0) is 30.6. The minimum atomic E-state index is -0.739. The maximum Gasteiger partial charge on any atom is 0.254 e. The number of hydrogen-bond acceptors (Lipinski definition) is 7. The van der Waals surface area contributed by atoms with Gasteiger partial charge >= 0.3 is 0 Å². The number of ether oxygens (including phenoxy) is 2. The second-order valence-electron chi connectivity index (χ2n) is 11.4. The summed E-state index contributed by atoms with van der Waals surface area (Å²) in [5.74, 6) is -0.671. The number of aromatic amines is 1. The number of nitrogens with one attached hydrogen (secondary N) is 3. The highest BCUT2D eigenvalue weighted by atomic mass is 19.1. The highest BCUT2D eigenvalue weighted by Crippen LogP contribution is 2.40. The van der Waals surface area contributed by atoms with Crippen molar-refractivity contribution >= 4 is 34.0 Å². The molecule has 3 heterocycles. The third-order valence-electron chi connectivity index (χ3n) is 8.19. The van der Waals surface area contributed by atoms with Crippen molar-refractivity contribution in [2.45, 2.75) is 44.5 Å². The molecule has 2 fully saturated rings. The second-order valence-corrected chi connectivity index (χ2v) is 11.4. The fourth-order valence-corrected chi connectivity index (χ4v) is 5.25. The van der Waals surface area contributed by atoms with E-state index in [1.54, 1.807) is 30.3 Å². The second kappa shape index (κ2) is 10.7. The average molecular weight is 598 g/mol. The smallest absolute Gasteiger partial charge is 0.254 e. The lowest BCUT2D eigenvalue weighted by atomic mass is 9.90. The van der Waals surface area contributed by atoms with Crippen molar-refractivity contribution in [3.05, 3.63) is 101 Å². The summed E-state index contributed by atoms with van der Waals surface area (Å²) in [6, 6.07) is 12.1. The summed E-state index contributed by atoms with van der Waals surface area (Å²) >= 11 is 0. The Balaban J connectivity index is 1.08. The van der Waals surface area contributed by atoms with Crippen molar-refractivity contribution in [1.82, 2.24) is 15.2 Å². The van der Waals surface area contributed by atoms with E-state index in [1.165, 1.54) is 30.5 Å². The van der Waals surface area contributed by atoms with Crippen LogP contribution in [0.1, 0.15) is 32.3 Å². The number of pyridine rings is 1. The molecule has 1 saturated heterocycles. The molecule has 1 aliphatic heterocycles. The van der Waals surface area contributed by atoms with Crippen LogP contribution in [0.5, 0.6) is 11.5 Å². The van der Waals surface area contributed by atoms with Crippen molar-refractivity contribution in [2.75, 3.05) is 17.2 Å². The maximum absolute atomic E-state index is 15.3. The molecule has 0 spiro atoms. The van der Waals surface area contributed by atoms with Crippen molar-refractivity contribution in [3.8, 4) is 11.5 Å². The van der Waals surface area contributed by atoms with Crippen LogP contribution < -0.4 is 15.4 Å². The number of carbonyl (C=O) groups is 1. The van der Waals surface area contributed by atoms with Gasteiger partial charge in [0.15, 0.2) is 23.0 Å². The molecule has 2 aromatic carbocycles. The van der Waals surface area contributed by atoms with E-state index < -0.39 is 23.4 Å². The molecule has 224 valence electrons. The number of aromatic nitrogens is 3. The number of halogens is 2. The van der Waals surface area contributed by atoms with Gasteiger partial charge in [0.25, 0.3) is 5.91 Å². The van der Waals surface area contributed by atoms with Crippen molar-refractivity contribution in [1.29, 1.82) is 0 Å². The Labute approximate surface area is 251 Å². The zero-order valence-corrected chi connectivity index (χ0v) is 23.9. The SMILES string of the molecule is CC1=C(C)/C(c2ccc(F)cc2)=C/C2OC2/C(C(=O)Nc2ccc(Oc3ccnc4[nH]nc(NCC5(O)CC5)c34)c(F)c2)=C\1. The minimum absolute atomic E-state index is 0.0490. The summed E-state index contributed by atoms with van der Waals surface area (Å²) in [6.45, 7) is 4.18. The van der Waals surface area contributed by atoms with E-state index in [1.807, 2.05) is 19.9 Å². The molecule has 0 radical (unpaired) electrons. The van der Waals surface area contributed by atoms with Crippen LogP contribution in [0.15, 0.2) is 83.6 Å². The molecule has 7 rings (SSSR count). The molecule has 1 amide bonds. The average Bonchev–Trinajstić information content (AvgIpc) is 3.90. The highest BCUT2D eigenvalue weighted by molar-refractivity contribution is 6.05. The van der Waals surface area contributed by atoms with Crippen molar-refractivity contribution in [2.24, 2.45) is 0 Å². The number of carbonyl (C=O) groups excluding carboxylic acids is 1. The number of epoxide rings is 1. The number of nitrogens with zero attached hydrogens (tertiary/aromatic N) is 2. The van der Waals surface area contributed by atoms with Crippen molar-refractivity contribution < 1.29 is 28.2 Å². The molecule has 2 unspecified atom stereocenters. The molecule has 11 heteroatoms. The Morgan fingerprint density at radius 2 is 1.93 bits per heavy atom. The molecule has 2 aliphatic carbocycles. The summed E-state index contributed by atoms with van der Waals surface area (Å²) in [5, 5.41) is 23.7. The van der Waals surface area contributed by atoms with E-state index >= 15 is 4.39 Å². The topological polar surface area (TPSA) is 125 Å². The summed E-state index contributed by atoms with van der Waals surface area (Å²) in [4.78, 5) is 17.6. The molecule has 2 atom stereocenters. The summed E-state index contributed by atoms with van der Waals surface area (Å²) in [7, 11) is 0. The number of H-pyrrole nitrogens is 1. The number of aliphatic hydroxyl groups is 1. The van der Waals surface area contributed by atoms with Gasteiger partial charge in [0.1, 0.15) is 29.2 Å². The number of benzene rings is 2. The Hall–Kier alpha value is -4.87. The monoisotopic (exact) mass is 597 g/mol. The third-order valence-corrected chi connectivity index (χ3v) is 8.19. The van der Waals surface area contributed by atoms with E-state index in [4.69, 9.17) is 9.47 Å². The van der Waals surface area contributed by atoms with E-state index in [2.05, 4.69) is 25.8 Å². The maximum atomic E-state index is 15.3. The van der Waals surface area contributed by atoms with Gasteiger partial charge < -0.3 is 25.2 Å².